The Hall–Kier alpha value is -6.92. The number of benzene rings is 4. The number of para-hydroxylation sites is 1. The molecule has 19 nitrogen and oxygen atoms in total. The maximum atomic E-state index is 14.0. The second kappa shape index (κ2) is 21.2. The second-order valence-electron chi connectivity index (χ2n) is 13.6. The largest absolute Gasteiger partial charge is 0.496 e. The molecule has 0 saturated carbocycles. The number of esters is 1. The van der Waals surface area contributed by atoms with Gasteiger partial charge in [0.1, 0.15) is 41.7 Å². The predicted octanol–water partition coefficient (Wildman–Crippen LogP) is 7.85. The Morgan fingerprint density at radius 2 is 1.49 bits per heavy atom. The number of carbonyl (C=O) groups is 5. The van der Waals surface area contributed by atoms with Crippen LogP contribution >= 0.6 is 19.3 Å². The summed E-state index contributed by atoms with van der Waals surface area (Å²) in [7, 11) is -1.77. The first-order valence-corrected chi connectivity index (χ1v) is 20.9. The number of aliphatic carboxylic acids is 1. The number of aromatic nitrogens is 1. The maximum absolute atomic E-state index is 14.0. The number of carboxylic acid groups (broad SMARTS) is 1. The molecule has 5 N–H and O–H groups in total. The molecule has 5 rings (SSSR count). The molecule has 63 heavy (non-hydrogen) atoms. The van der Waals surface area contributed by atoms with Crippen LogP contribution in [0.2, 0.25) is 5.02 Å². The van der Waals surface area contributed by atoms with E-state index >= 15 is 0 Å². The maximum Gasteiger partial charge on any atom is 0.417 e. The Kier molecular flexibility index (Phi) is 15.9. The molecule has 0 spiro atoms. The quantitative estimate of drug-likeness (QED) is 0.0415. The summed E-state index contributed by atoms with van der Waals surface area (Å²) < 4.78 is 52.4. The summed E-state index contributed by atoms with van der Waals surface area (Å²) in [5, 5.41) is 19.6. The molecule has 4 aromatic carbocycles. The number of imide groups is 1. The molecule has 21 heteroatoms. The van der Waals surface area contributed by atoms with Gasteiger partial charge in [-0.15, -0.1) is 0 Å². The summed E-state index contributed by atoms with van der Waals surface area (Å²) in [6.45, 7) is 5.40. The highest BCUT2D eigenvalue weighted by Crippen LogP contribution is 2.44. The van der Waals surface area contributed by atoms with Crippen molar-refractivity contribution in [2.24, 2.45) is 0 Å². The second-order valence-corrected chi connectivity index (χ2v) is 15.8. The minimum absolute atomic E-state index is 0.0575. The van der Waals surface area contributed by atoms with E-state index in [2.05, 4.69) is 25.8 Å². The molecule has 0 aliphatic carbocycles. The average Bonchev–Trinajstić information content (AvgIpc) is 3.23. The number of ether oxygens (including phenoxy) is 6. The van der Waals surface area contributed by atoms with Gasteiger partial charge in [0.2, 0.25) is 0 Å². The first-order valence-electron chi connectivity index (χ1n) is 18.9. The first-order chi connectivity index (χ1) is 30.0. The molecule has 0 saturated heterocycles. The van der Waals surface area contributed by atoms with E-state index in [-0.39, 0.29) is 50.6 Å². The van der Waals surface area contributed by atoms with Crippen molar-refractivity contribution in [1.29, 1.82) is 0 Å². The Bertz CT molecular complexity index is 2540. The highest BCUT2D eigenvalue weighted by molar-refractivity contribution is 7.55. The number of nitrogens with one attached hydrogen (secondary N) is 4. The SMILES string of the molecule is COc1ccc(COC(=O)NC(=O)c2cc3c(Oc4ccc(NC(=O)Oc5ccccc5)c(Cl)c4)ccnc3cc2OC)cc1OP(=O)(NC(C)C(=O)O)NC(C)C(=O)OC(C)C. The summed E-state index contributed by atoms with van der Waals surface area (Å²) >= 11 is 6.46. The van der Waals surface area contributed by atoms with E-state index in [1.807, 2.05) is 0 Å². The van der Waals surface area contributed by atoms with Gasteiger partial charge in [-0.25, -0.2) is 24.3 Å². The highest BCUT2D eigenvalue weighted by Gasteiger charge is 2.35. The van der Waals surface area contributed by atoms with Gasteiger partial charge in [-0.1, -0.05) is 35.9 Å². The van der Waals surface area contributed by atoms with Crippen LogP contribution in [0.25, 0.3) is 10.9 Å². The number of anilines is 1. The summed E-state index contributed by atoms with van der Waals surface area (Å²) in [4.78, 5) is 67.4. The molecule has 1 heterocycles. The Balaban J connectivity index is 1.28. The van der Waals surface area contributed by atoms with Gasteiger partial charge < -0.3 is 38.1 Å². The van der Waals surface area contributed by atoms with Crippen molar-refractivity contribution >= 4 is 65.9 Å². The molecule has 0 aliphatic heterocycles. The molecule has 0 fully saturated rings. The van der Waals surface area contributed by atoms with Crippen LogP contribution in [0.3, 0.4) is 0 Å². The Morgan fingerprint density at radius 1 is 0.778 bits per heavy atom. The summed E-state index contributed by atoms with van der Waals surface area (Å²) in [6.07, 6.45) is -0.910. The number of nitrogens with zero attached hydrogens (tertiary/aromatic N) is 1. The van der Waals surface area contributed by atoms with Gasteiger partial charge in [0.25, 0.3) is 5.91 Å². The molecular formula is C42H43ClN5O14P. The lowest BCUT2D eigenvalue weighted by atomic mass is 10.1. The minimum Gasteiger partial charge on any atom is -0.496 e. The van der Waals surface area contributed by atoms with Crippen LogP contribution in [-0.4, -0.2) is 72.5 Å². The first kappa shape index (κ1) is 47.1. The zero-order valence-corrected chi connectivity index (χ0v) is 36.3. The van der Waals surface area contributed by atoms with Crippen LogP contribution in [0.4, 0.5) is 15.3 Å². The molecule has 3 unspecified atom stereocenters. The zero-order chi connectivity index (χ0) is 45.8. The molecule has 3 amide bonds. The van der Waals surface area contributed by atoms with Gasteiger partial charge in [0, 0.05) is 23.7 Å². The van der Waals surface area contributed by atoms with Crippen molar-refractivity contribution < 1.29 is 66.6 Å². The number of amides is 3. The van der Waals surface area contributed by atoms with E-state index in [0.29, 0.717) is 16.7 Å². The average molecular weight is 908 g/mol. The summed E-state index contributed by atoms with van der Waals surface area (Å²) in [5.74, 6) is -2.19. The van der Waals surface area contributed by atoms with Crippen LogP contribution in [0, 0.1) is 0 Å². The minimum atomic E-state index is -4.40. The van der Waals surface area contributed by atoms with Crippen molar-refractivity contribution in [1.82, 2.24) is 20.5 Å². The number of pyridine rings is 1. The lowest BCUT2D eigenvalue weighted by Crippen LogP contribution is -2.43. The third-order valence-electron chi connectivity index (χ3n) is 8.47. The molecule has 1 aromatic heterocycles. The number of hydrogen-bond acceptors (Lipinski definition) is 14. The van der Waals surface area contributed by atoms with Gasteiger partial charge in [-0.05, 0) is 81.8 Å². The van der Waals surface area contributed by atoms with Gasteiger partial charge in [-0.3, -0.25) is 30.0 Å². The monoisotopic (exact) mass is 907 g/mol. The number of methoxy groups -OCH3 is 2. The summed E-state index contributed by atoms with van der Waals surface area (Å²) in [5.41, 5.74) is 0.834. The van der Waals surface area contributed by atoms with Gasteiger partial charge in [-0.2, -0.15) is 0 Å². The number of carboxylic acids is 1. The van der Waals surface area contributed by atoms with Crippen LogP contribution < -0.4 is 44.3 Å². The van der Waals surface area contributed by atoms with Gasteiger partial charge in [0.15, 0.2) is 11.5 Å². The standard InChI is InChI=1S/C42H43ClN5O14P/c1-23(2)59-40(52)25(4)48-63(55,47-24(3)39(50)51)62-37-18-26(12-15-35(37)56-5)22-58-41(53)46-38(49)30-20-29-33(21-36(30)57-6)44-17-16-34(29)60-28-13-14-32(31(43)19-28)45-42(54)61-27-10-8-7-9-11-27/h7-21,23-25H,22H2,1-6H3,(H,45,54)(H,50,51)(H,46,49,53)(H2,47,48,55). The van der Waals surface area contributed by atoms with E-state index in [1.165, 1.54) is 76.7 Å². The predicted molar refractivity (Wildman–Crippen MR) is 229 cm³/mol. The topological polar surface area (TPSA) is 248 Å². The molecule has 0 bridgehead atoms. The lowest BCUT2D eigenvalue weighted by molar-refractivity contribution is -0.149. The van der Waals surface area contributed by atoms with Crippen LogP contribution in [0.15, 0.2) is 91.1 Å². The van der Waals surface area contributed by atoms with Crippen LogP contribution in [-0.2, 0) is 30.2 Å². The number of alkyl carbamates (subject to hydrolysis) is 1. The molecule has 0 radical (unpaired) electrons. The fourth-order valence-electron chi connectivity index (χ4n) is 5.51. The molecule has 3 atom stereocenters. The van der Waals surface area contributed by atoms with Crippen molar-refractivity contribution in [3.8, 4) is 34.5 Å². The van der Waals surface area contributed by atoms with E-state index in [0.717, 1.165) is 0 Å². The van der Waals surface area contributed by atoms with E-state index in [4.69, 9.17) is 44.5 Å². The number of carbonyl (C=O) groups excluding carboxylic acids is 4. The van der Waals surface area contributed by atoms with Crippen LogP contribution in [0.5, 0.6) is 34.5 Å². The van der Waals surface area contributed by atoms with E-state index in [1.54, 1.807) is 56.3 Å². The number of halogens is 1. The van der Waals surface area contributed by atoms with Gasteiger partial charge >= 0.3 is 31.8 Å². The van der Waals surface area contributed by atoms with Crippen molar-refractivity contribution in [2.75, 3.05) is 19.5 Å². The number of rotatable bonds is 18. The molecule has 5 aromatic rings. The van der Waals surface area contributed by atoms with E-state index < -0.39 is 62.5 Å². The normalized spacial score (nSPS) is 12.8. The zero-order valence-electron chi connectivity index (χ0n) is 34.6. The molecule has 0 aliphatic rings. The third-order valence-corrected chi connectivity index (χ3v) is 10.7. The molecule has 332 valence electrons. The van der Waals surface area contributed by atoms with Crippen LogP contribution in [0.1, 0.15) is 43.6 Å². The highest BCUT2D eigenvalue weighted by atomic mass is 35.5. The fourth-order valence-corrected chi connectivity index (χ4v) is 7.56. The number of hydrogen-bond donors (Lipinski definition) is 5. The Labute approximate surface area is 365 Å². The van der Waals surface area contributed by atoms with Crippen molar-refractivity contribution in [3.05, 3.63) is 107 Å². The third kappa shape index (κ3) is 13.0. The summed E-state index contributed by atoms with van der Waals surface area (Å²) in [6, 6.07) is 19.1. The Morgan fingerprint density at radius 3 is 2.16 bits per heavy atom. The van der Waals surface area contributed by atoms with Gasteiger partial charge in [0.05, 0.1) is 42.1 Å². The number of fused-ring (bicyclic) bond motifs is 1. The fraction of sp³-hybridized carbons (Fsp3) is 0.238. The van der Waals surface area contributed by atoms with Crippen molar-refractivity contribution in [2.45, 2.75) is 52.5 Å². The molecular weight excluding hydrogens is 865 g/mol. The smallest absolute Gasteiger partial charge is 0.417 e. The van der Waals surface area contributed by atoms with Crippen molar-refractivity contribution in [3.63, 3.8) is 0 Å². The lowest BCUT2D eigenvalue weighted by Gasteiger charge is -2.26. The van der Waals surface area contributed by atoms with E-state index in [9.17, 15) is 33.6 Å².